The predicted molar refractivity (Wildman–Crippen MR) is 181 cm³/mol. The van der Waals surface area contributed by atoms with Crippen LogP contribution in [0.25, 0.3) is 10.9 Å². The quantitative estimate of drug-likeness (QED) is 0.164. The molecule has 0 fully saturated rings. The number of methoxy groups -OCH3 is 1. The van der Waals surface area contributed by atoms with Crippen molar-refractivity contribution in [2.24, 2.45) is 21.1 Å². The first-order valence-electron chi connectivity index (χ1n) is 15.0. The molecule has 2 atom stereocenters. The number of ether oxygens (including phenoxy) is 1. The van der Waals surface area contributed by atoms with Gasteiger partial charge in [0.2, 0.25) is 5.91 Å². The van der Waals surface area contributed by atoms with Gasteiger partial charge in [0, 0.05) is 63.4 Å². The number of aromatic nitrogens is 1. The maximum atomic E-state index is 13.3. The minimum Gasteiger partial charge on any atom is -0.504 e. The third-order valence-electron chi connectivity index (χ3n) is 8.24. The van der Waals surface area contributed by atoms with Gasteiger partial charge >= 0.3 is 0 Å². The Morgan fingerprint density at radius 3 is 2.49 bits per heavy atom. The highest BCUT2D eigenvalue weighted by Gasteiger charge is 2.23. The molecule has 1 aliphatic rings. The first-order chi connectivity index (χ1) is 21.6. The van der Waals surface area contributed by atoms with E-state index in [1.807, 2.05) is 56.3 Å². The SMILES string of the molecule is CCC1Cc2ccc(OC)cc2C(c2ccc(Cl)cc2)=NC(CC(=O)NCCc2cc3cc(O)c(O)cc3[nH]2)/C(C)=N/N=C\1C. The van der Waals surface area contributed by atoms with Gasteiger partial charge < -0.3 is 25.3 Å². The van der Waals surface area contributed by atoms with Gasteiger partial charge in [-0.15, -0.1) is 0 Å². The van der Waals surface area contributed by atoms with Crippen molar-refractivity contribution in [3.05, 3.63) is 88.1 Å². The third-order valence-corrected chi connectivity index (χ3v) is 8.49. The standard InChI is InChI=1S/C35H38ClN5O4/c1-5-22-14-24-8-11-28(45-4)17-29(24)35(23-6-9-26(36)10-7-23)39-30(21(3)41-40-20(22)2)19-34(44)37-13-12-27-15-25-16-32(42)33(43)18-31(25)38-27/h6-11,15-18,22,30,38,42-43H,5,12-14,19H2,1-4H3,(H,37,44)/b39-35?,40-20-,41-21+. The van der Waals surface area contributed by atoms with E-state index in [1.54, 1.807) is 7.11 Å². The van der Waals surface area contributed by atoms with Crippen LogP contribution in [0.1, 0.15) is 56.0 Å². The number of rotatable bonds is 8. The highest BCUT2D eigenvalue weighted by atomic mass is 35.5. The first-order valence-corrected chi connectivity index (χ1v) is 15.4. The number of phenolic OH excluding ortho intramolecular Hbond substituents is 2. The van der Waals surface area contributed by atoms with Crippen molar-refractivity contribution in [1.82, 2.24) is 10.3 Å². The predicted octanol–water partition coefficient (Wildman–Crippen LogP) is 6.62. The van der Waals surface area contributed by atoms with Crippen LogP contribution in [0.5, 0.6) is 17.2 Å². The van der Waals surface area contributed by atoms with E-state index in [0.29, 0.717) is 35.0 Å². The van der Waals surface area contributed by atoms with Crippen LogP contribution in [0.15, 0.2) is 75.9 Å². The zero-order chi connectivity index (χ0) is 32.1. The molecule has 2 heterocycles. The number of benzene rings is 3. The molecular formula is C35H38ClN5O4. The fourth-order valence-electron chi connectivity index (χ4n) is 5.53. The Balaban J connectivity index is 1.47. The summed E-state index contributed by atoms with van der Waals surface area (Å²) in [6.07, 6.45) is 2.26. The molecule has 4 N–H and O–H groups in total. The van der Waals surface area contributed by atoms with Crippen molar-refractivity contribution in [2.45, 2.75) is 52.5 Å². The third kappa shape index (κ3) is 7.54. The van der Waals surface area contributed by atoms with Crippen LogP contribution in [0.3, 0.4) is 0 Å². The topological polar surface area (TPSA) is 132 Å². The van der Waals surface area contributed by atoms with Gasteiger partial charge in [-0.05, 0) is 68.7 Å². The largest absolute Gasteiger partial charge is 0.504 e. The van der Waals surface area contributed by atoms with Crippen LogP contribution in [-0.4, -0.2) is 57.9 Å². The van der Waals surface area contributed by atoms with Gasteiger partial charge in [-0.25, -0.2) is 0 Å². The van der Waals surface area contributed by atoms with E-state index in [-0.39, 0.29) is 29.7 Å². The molecule has 9 nitrogen and oxygen atoms in total. The second kappa shape index (κ2) is 14.0. The van der Waals surface area contributed by atoms with Crippen LogP contribution in [0.4, 0.5) is 0 Å². The zero-order valence-corrected chi connectivity index (χ0v) is 26.7. The highest BCUT2D eigenvalue weighted by Crippen LogP contribution is 2.31. The molecule has 10 heteroatoms. The monoisotopic (exact) mass is 627 g/mol. The van der Waals surface area contributed by atoms with Crippen molar-refractivity contribution in [2.75, 3.05) is 13.7 Å². The van der Waals surface area contributed by atoms with Crippen LogP contribution >= 0.6 is 11.6 Å². The number of aromatic hydroxyl groups is 2. The Hall–Kier alpha value is -4.63. The molecule has 1 aromatic heterocycles. The van der Waals surface area contributed by atoms with E-state index in [4.69, 9.17) is 21.3 Å². The molecule has 0 saturated carbocycles. The lowest BCUT2D eigenvalue weighted by atomic mass is 9.88. The Kier molecular flexibility index (Phi) is 9.88. The maximum absolute atomic E-state index is 13.3. The molecule has 4 aromatic rings. The smallest absolute Gasteiger partial charge is 0.222 e. The number of aromatic amines is 1. The van der Waals surface area contributed by atoms with Gasteiger partial charge in [0.05, 0.1) is 31.0 Å². The number of amides is 1. The van der Waals surface area contributed by atoms with Gasteiger partial charge in [-0.2, -0.15) is 10.2 Å². The van der Waals surface area contributed by atoms with E-state index >= 15 is 0 Å². The van der Waals surface area contributed by atoms with E-state index < -0.39 is 6.04 Å². The lowest BCUT2D eigenvalue weighted by molar-refractivity contribution is -0.121. The van der Waals surface area contributed by atoms with Gasteiger partial charge in [0.25, 0.3) is 0 Å². The first kappa shape index (κ1) is 31.8. The Labute approximate surface area is 267 Å². The van der Waals surface area contributed by atoms with Gasteiger partial charge in [-0.3, -0.25) is 9.79 Å². The number of nitrogens with zero attached hydrogens (tertiary/aromatic N) is 3. The second-order valence-corrected chi connectivity index (χ2v) is 11.8. The van der Waals surface area contributed by atoms with E-state index in [0.717, 1.165) is 52.0 Å². The van der Waals surface area contributed by atoms with E-state index in [1.165, 1.54) is 12.1 Å². The number of nitrogens with one attached hydrogen (secondary N) is 2. The van der Waals surface area contributed by atoms with E-state index in [9.17, 15) is 15.0 Å². The van der Waals surface area contributed by atoms with Crippen LogP contribution in [0, 0.1) is 5.92 Å². The molecule has 0 saturated heterocycles. The van der Waals surface area contributed by atoms with Gasteiger partial charge in [0.15, 0.2) is 11.5 Å². The normalized spacial score (nSPS) is 19.4. The molecule has 0 radical (unpaired) electrons. The number of phenols is 2. The fourth-order valence-corrected chi connectivity index (χ4v) is 5.65. The molecule has 0 bridgehead atoms. The average molecular weight is 628 g/mol. The second-order valence-electron chi connectivity index (χ2n) is 11.3. The zero-order valence-electron chi connectivity index (χ0n) is 25.9. The molecule has 234 valence electrons. The van der Waals surface area contributed by atoms with Crippen molar-refractivity contribution in [3.8, 4) is 17.2 Å². The summed E-state index contributed by atoms with van der Waals surface area (Å²) >= 11 is 6.26. The summed E-state index contributed by atoms with van der Waals surface area (Å²) in [5.74, 6) is 0.354. The Morgan fingerprint density at radius 1 is 1.02 bits per heavy atom. The summed E-state index contributed by atoms with van der Waals surface area (Å²) in [7, 11) is 1.64. The van der Waals surface area contributed by atoms with Crippen molar-refractivity contribution in [3.63, 3.8) is 0 Å². The summed E-state index contributed by atoms with van der Waals surface area (Å²) in [6, 6.07) is 17.9. The molecule has 45 heavy (non-hydrogen) atoms. The van der Waals surface area contributed by atoms with Crippen LogP contribution < -0.4 is 10.1 Å². The molecular weight excluding hydrogens is 590 g/mol. The van der Waals surface area contributed by atoms with E-state index in [2.05, 4.69) is 33.5 Å². The summed E-state index contributed by atoms with van der Waals surface area (Å²) < 4.78 is 5.62. The molecule has 0 aliphatic carbocycles. The summed E-state index contributed by atoms with van der Waals surface area (Å²) in [5, 5.41) is 33.2. The fraction of sp³-hybridized carbons (Fsp3) is 0.314. The lowest BCUT2D eigenvalue weighted by Crippen LogP contribution is -2.32. The number of carbonyl (C=O) groups is 1. The summed E-state index contributed by atoms with van der Waals surface area (Å²) in [6.45, 7) is 6.39. The van der Waals surface area contributed by atoms with Gasteiger partial charge in [0.1, 0.15) is 5.75 Å². The minimum absolute atomic E-state index is 0.0753. The molecule has 2 unspecified atom stereocenters. The number of aliphatic imine (C=N–C) groups is 1. The van der Waals surface area contributed by atoms with Crippen LogP contribution in [-0.2, 0) is 17.6 Å². The molecule has 1 aliphatic heterocycles. The Bertz CT molecular complexity index is 1750. The lowest BCUT2D eigenvalue weighted by Gasteiger charge is -2.20. The van der Waals surface area contributed by atoms with Gasteiger partial charge in [-0.1, -0.05) is 36.7 Å². The Morgan fingerprint density at radius 2 is 1.76 bits per heavy atom. The molecule has 0 spiro atoms. The van der Waals surface area contributed by atoms with Crippen molar-refractivity contribution in [1.29, 1.82) is 0 Å². The van der Waals surface area contributed by atoms with Crippen LogP contribution in [0.2, 0.25) is 5.02 Å². The molecule has 1 amide bonds. The number of H-pyrrole nitrogens is 1. The number of hydrogen-bond donors (Lipinski definition) is 4. The summed E-state index contributed by atoms with van der Waals surface area (Å²) in [5.41, 5.74) is 6.77. The number of carbonyl (C=O) groups excluding carboxylic acids is 1. The minimum atomic E-state index is -0.580. The average Bonchev–Trinajstić information content (AvgIpc) is 3.41. The molecule has 5 rings (SSSR count). The van der Waals surface area contributed by atoms with Crippen molar-refractivity contribution >= 4 is 45.5 Å². The number of hydrogen-bond acceptors (Lipinski definition) is 7. The molecule has 3 aromatic carbocycles. The maximum Gasteiger partial charge on any atom is 0.222 e. The number of halogens is 1. The number of fused-ring (bicyclic) bond motifs is 2. The van der Waals surface area contributed by atoms with Crippen molar-refractivity contribution < 1.29 is 19.7 Å². The summed E-state index contributed by atoms with van der Waals surface area (Å²) in [4.78, 5) is 21.8. The highest BCUT2D eigenvalue weighted by molar-refractivity contribution is 6.30.